The third-order valence-electron chi connectivity index (χ3n) is 3.83. The van der Waals surface area contributed by atoms with E-state index in [2.05, 4.69) is 14.9 Å². The van der Waals surface area contributed by atoms with Crippen LogP contribution in [0.3, 0.4) is 0 Å². The van der Waals surface area contributed by atoms with Gasteiger partial charge in [-0.1, -0.05) is 31.1 Å². The number of aromatic nitrogens is 2. The molecule has 0 saturated carbocycles. The monoisotopic (exact) mass is 341 g/mol. The molecule has 2 heterocycles. The second kappa shape index (κ2) is 6.33. The lowest BCUT2D eigenvalue weighted by Crippen LogP contribution is -2.47. The van der Waals surface area contributed by atoms with Gasteiger partial charge in [-0.15, -0.1) is 18.3 Å². The van der Waals surface area contributed by atoms with Crippen LogP contribution >= 0.6 is 0 Å². The fourth-order valence-electron chi connectivity index (χ4n) is 2.60. The van der Waals surface area contributed by atoms with Crippen LogP contribution in [0.15, 0.2) is 28.7 Å². The molecule has 5 nitrogen and oxygen atoms in total. The molecule has 0 spiro atoms. The van der Waals surface area contributed by atoms with Gasteiger partial charge in [0, 0.05) is 19.0 Å². The van der Waals surface area contributed by atoms with Crippen molar-refractivity contribution < 1.29 is 22.3 Å². The quantitative estimate of drug-likeness (QED) is 0.829. The van der Waals surface area contributed by atoms with Crippen molar-refractivity contribution in [2.45, 2.75) is 32.5 Å². The lowest BCUT2D eigenvalue weighted by atomic mass is 9.92. The largest absolute Gasteiger partial charge is 0.573 e. The number of rotatable bonds is 5. The summed E-state index contributed by atoms with van der Waals surface area (Å²) in [7, 11) is 0. The normalized spacial score (nSPS) is 15.7. The standard InChI is InChI=1S/C16H18F3N3O2/c1-10(2)14-20-21-15(23-14)22-8-12(9-22)7-11-3-5-13(6-4-11)24-16(17,18)19/h3-6,10,12H,7-9H2,1-2H3. The maximum Gasteiger partial charge on any atom is 0.573 e. The fourth-order valence-corrected chi connectivity index (χ4v) is 2.60. The maximum atomic E-state index is 12.1. The molecule has 1 fully saturated rings. The van der Waals surface area contributed by atoms with Crippen LogP contribution in [-0.4, -0.2) is 29.6 Å². The molecule has 1 saturated heterocycles. The topological polar surface area (TPSA) is 51.4 Å². The minimum absolute atomic E-state index is 0.195. The highest BCUT2D eigenvalue weighted by Crippen LogP contribution is 2.28. The van der Waals surface area contributed by atoms with E-state index in [1.54, 1.807) is 12.1 Å². The molecule has 0 radical (unpaired) electrons. The fraction of sp³-hybridized carbons (Fsp3) is 0.500. The van der Waals surface area contributed by atoms with Crippen LogP contribution in [-0.2, 0) is 6.42 Å². The van der Waals surface area contributed by atoms with Crippen LogP contribution in [0.5, 0.6) is 5.75 Å². The molecular formula is C16H18F3N3O2. The first-order valence-electron chi connectivity index (χ1n) is 7.73. The van der Waals surface area contributed by atoms with Crippen LogP contribution in [0, 0.1) is 5.92 Å². The number of alkyl halides is 3. The Hall–Kier alpha value is -2.25. The van der Waals surface area contributed by atoms with Gasteiger partial charge in [-0.2, -0.15) is 0 Å². The maximum absolute atomic E-state index is 12.1. The Morgan fingerprint density at radius 3 is 2.42 bits per heavy atom. The summed E-state index contributed by atoms with van der Waals surface area (Å²) in [5.41, 5.74) is 0.975. The predicted octanol–water partition coefficient (Wildman–Crippen LogP) is 3.77. The van der Waals surface area contributed by atoms with Gasteiger partial charge in [0.1, 0.15) is 5.75 Å². The zero-order valence-corrected chi connectivity index (χ0v) is 13.4. The molecule has 0 atom stereocenters. The number of benzene rings is 1. The number of halogens is 3. The number of hydrogen-bond donors (Lipinski definition) is 0. The highest BCUT2D eigenvalue weighted by atomic mass is 19.4. The SMILES string of the molecule is CC(C)c1nnc(N2CC(Cc3ccc(OC(F)(F)F)cc3)C2)o1. The Morgan fingerprint density at radius 1 is 1.21 bits per heavy atom. The van der Waals surface area contributed by atoms with E-state index in [1.807, 2.05) is 18.7 Å². The van der Waals surface area contributed by atoms with E-state index in [9.17, 15) is 13.2 Å². The molecule has 0 aliphatic carbocycles. The number of nitrogens with zero attached hydrogens (tertiary/aromatic N) is 3. The molecule has 24 heavy (non-hydrogen) atoms. The van der Waals surface area contributed by atoms with E-state index < -0.39 is 6.36 Å². The Labute approximate surface area is 137 Å². The Balaban J connectivity index is 1.50. The molecule has 1 aromatic carbocycles. The average molecular weight is 341 g/mol. The predicted molar refractivity (Wildman–Crippen MR) is 80.9 cm³/mol. The third-order valence-corrected chi connectivity index (χ3v) is 3.83. The molecule has 1 aromatic heterocycles. The van der Waals surface area contributed by atoms with E-state index in [-0.39, 0.29) is 11.7 Å². The van der Waals surface area contributed by atoms with Crippen molar-refractivity contribution in [2.24, 2.45) is 5.92 Å². The van der Waals surface area contributed by atoms with Crippen molar-refractivity contribution in [2.75, 3.05) is 18.0 Å². The molecule has 0 N–H and O–H groups in total. The lowest BCUT2D eigenvalue weighted by molar-refractivity contribution is -0.274. The average Bonchev–Trinajstić information content (AvgIpc) is 2.92. The van der Waals surface area contributed by atoms with Gasteiger partial charge < -0.3 is 14.1 Å². The van der Waals surface area contributed by atoms with Crippen molar-refractivity contribution in [3.8, 4) is 5.75 Å². The van der Waals surface area contributed by atoms with E-state index in [0.29, 0.717) is 17.8 Å². The van der Waals surface area contributed by atoms with Gasteiger partial charge in [0.15, 0.2) is 0 Å². The van der Waals surface area contributed by atoms with Gasteiger partial charge in [0.25, 0.3) is 0 Å². The second-order valence-corrected chi connectivity index (χ2v) is 6.24. The summed E-state index contributed by atoms with van der Waals surface area (Å²) in [4.78, 5) is 2.00. The van der Waals surface area contributed by atoms with Crippen LogP contribution in [0.2, 0.25) is 0 Å². The smallest absolute Gasteiger partial charge is 0.408 e. The van der Waals surface area contributed by atoms with Crippen molar-refractivity contribution >= 4 is 6.01 Å². The highest BCUT2D eigenvalue weighted by molar-refractivity contribution is 5.32. The number of hydrogen-bond acceptors (Lipinski definition) is 5. The molecule has 8 heteroatoms. The molecule has 130 valence electrons. The molecule has 2 aromatic rings. The van der Waals surface area contributed by atoms with E-state index in [4.69, 9.17) is 4.42 Å². The summed E-state index contributed by atoms with van der Waals surface area (Å²) in [6.45, 7) is 5.56. The van der Waals surface area contributed by atoms with Crippen molar-refractivity contribution in [3.63, 3.8) is 0 Å². The first-order chi connectivity index (χ1) is 11.3. The van der Waals surface area contributed by atoms with Crippen LogP contribution in [0.4, 0.5) is 19.2 Å². The van der Waals surface area contributed by atoms with Crippen LogP contribution < -0.4 is 9.64 Å². The molecular weight excluding hydrogens is 323 g/mol. The van der Waals surface area contributed by atoms with Gasteiger partial charge in [0.2, 0.25) is 5.89 Å². The van der Waals surface area contributed by atoms with E-state index in [0.717, 1.165) is 25.1 Å². The highest BCUT2D eigenvalue weighted by Gasteiger charge is 2.32. The lowest BCUT2D eigenvalue weighted by Gasteiger charge is -2.37. The van der Waals surface area contributed by atoms with Gasteiger partial charge >= 0.3 is 12.4 Å². The number of ether oxygens (including phenoxy) is 1. The van der Waals surface area contributed by atoms with Crippen molar-refractivity contribution in [1.82, 2.24) is 10.2 Å². The van der Waals surface area contributed by atoms with E-state index in [1.165, 1.54) is 12.1 Å². The van der Waals surface area contributed by atoms with Gasteiger partial charge in [-0.05, 0) is 30.0 Å². The van der Waals surface area contributed by atoms with Gasteiger partial charge in [0.05, 0.1) is 0 Å². The van der Waals surface area contributed by atoms with E-state index >= 15 is 0 Å². The zero-order chi connectivity index (χ0) is 17.3. The first kappa shape index (κ1) is 16.6. The van der Waals surface area contributed by atoms with Gasteiger partial charge in [-0.25, -0.2) is 0 Å². The zero-order valence-electron chi connectivity index (χ0n) is 13.4. The molecule has 0 bridgehead atoms. The minimum Gasteiger partial charge on any atom is -0.408 e. The van der Waals surface area contributed by atoms with Crippen molar-refractivity contribution in [3.05, 3.63) is 35.7 Å². The Morgan fingerprint density at radius 2 is 1.88 bits per heavy atom. The van der Waals surface area contributed by atoms with Crippen molar-refractivity contribution in [1.29, 1.82) is 0 Å². The van der Waals surface area contributed by atoms with Crippen LogP contribution in [0.25, 0.3) is 0 Å². The summed E-state index contributed by atoms with van der Waals surface area (Å²) in [5, 5.41) is 8.04. The molecule has 1 aliphatic heterocycles. The summed E-state index contributed by atoms with van der Waals surface area (Å²) in [6, 6.07) is 6.53. The van der Waals surface area contributed by atoms with Crippen LogP contribution in [0.1, 0.15) is 31.2 Å². The van der Waals surface area contributed by atoms with Gasteiger partial charge in [-0.3, -0.25) is 0 Å². The molecule has 3 rings (SSSR count). The minimum atomic E-state index is -4.66. The summed E-state index contributed by atoms with van der Waals surface area (Å²) < 4.78 is 45.8. The summed E-state index contributed by atoms with van der Waals surface area (Å²) in [5.74, 6) is 1.02. The Bertz CT molecular complexity index is 677. The first-order valence-corrected chi connectivity index (χ1v) is 7.73. The molecule has 1 aliphatic rings. The Kier molecular flexibility index (Phi) is 4.38. The second-order valence-electron chi connectivity index (χ2n) is 6.24. The number of anilines is 1. The summed E-state index contributed by atoms with van der Waals surface area (Å²) in [6.07, 6.45) is -3.87. The third kappa shape index (κ3) is 3.98. The summed E-state index contributed by atoms with van der Waals surface area (Å²) >= 11 is 0. The molecule has 0 unspecified atom stereocenters. The molecule has 0 amide bonds.